The third-order valence-electron chi connectivity index (χ3n) is 4.66. The summed E-state index contributed by atoms with van der Waals surface area (Å²) in [5, 5.41) is 21.2. The number of nitrogens with zero attached hydrogens (tertiary/aromatic N) is 1. The van der Waals surface area contributed by atoms with E-state index < -0.39 is 0 Å². The van der Waals surface area contributed by atoms with E-state index in [0.717, 1.165) is 27.7 Å². The first-order chi connectivity index (χ1) is 10.1. The maximum atomic E-state index is 12.1. The Bertz CT molecular complexity index is 765. The van der Waals surface area contributed by atoms with Gasteiger partial charge in [0.15, 0.2) is 0 Å². The van der Waals surface area contributed by atoms with E-state index in [-0.39, 0.29) is 29.4 Å². The smallest absolute Gasteiger partial charge is 0.202 e. The highest BCUT2D eigenvalue weighted by Gasteiger charge is 2.45. The molecule has 2 atom stereocenters. The Kier molecular flexibility index (Phi) is 2.82. The minimum atomic E-state index is -0.250. The molecule has 0 aliphatic heterocycles. The maximum absolute atomic E-state index is 12.1. The van der Waals surface area contributed by atoms with Crippen molar-refractivity contribution in [3.05, 3.63) is 39.0 Å². The number of Topliss-reactive ketones (excluding diaryl/α,β-unsaturated/α-hetero) is 1. The van der Waals surface area contributed by atoms with Gasteiger partial charge in [-0.25, -0.2) is 0 Å². The lowest BCUT2D eigenvalue weighted by Gasteiger charge is -2.34. The first-order valence-electron chi connectivity index (χ1n) is 7.03. The summed E-state index contributed by atoms with van der Waals surface area (Å²) in [6.45, 7) is 0. The molecule has 0 amide bonds. The highest BCUT2D eigenvalue weighted by Crippen LogP contribution is 2.55. The summed E-state index contributed by atoms with van der Waals surface area (Å²) in [6, 6.07) is 7.58. The summed E-state index contributed by atoms with van der Waals surface area (Å²) in [5.41, 5.74) is 2.15. The van der Waals surface area contributed by atoms with Gasteiger partial charge in [-0.15, -0.1) is 0 Å². The lowest BCUT2D eigenvalue weighted by Crippen LogP contribution is -2.28. The molecule has 0 spiro atoms. The van der Waals surface area contributed by atoms with E-state index in [1.165, 1.54) is 4.57 Å². The van der Waals surface area contributed by atoms with Gasteiger partial charge in [0, 0.05) is 27.0 Å². The van der Waals surface area contributed by atoms with Crippen LogP contribution in [0.5, 0.6) is 11.8 Å². The molecule has 3 aliphatic carbocycles. The molecule has 1 aromatic carbocycles. The minimum Gasteiger partial charge on any atom is -0.494 e. The number of benzene rings is 1. The summed E-state index contributed by atoms with van der Waals surface area (Å²) < 4.78 is 2.49. The quantitative estimate of drug-likeness (QED) is 0.728. The predicted octanol–water partition coefficient (Wildman–Crippen LogP) is 3.43. The second-order valence-corrected chi connectivity index (χ2v) is 7.03. The molecule has 3 aliphatic rings. The van der Waals surface area contributed by atoms with Gasteiger partial charge in [-0.3, -0.25) is 9.36 Å². The Morgan fingerprint density at radius 3 is 2.62 bits per heavy atom. The Balaban J connectivity index is 1.98. The molecule has 5 rings (SSSR count). The van der Waals surface area contributed by atoms with Crippen molar-refractivity contribution in [2.75, 3.05) is 0 Å². The highest BCUT2D eigenvalue weighted by atomic mass is 127. The fourth-order valence-electron chi connectivity index (χ4n) is 3.76. The Morgan fingerprint density at radius 2 is 1.90 bits per heavy atom. The lowest BCUT2D eigenvalue weighted by molar-refractivity contribution is -0.123. The third-order valence-corrected chi connectivity index (χ3v) is 5.33. The zero-order chi connectivity index (χ0) is 14.7. The van der Waals surface area contributed by atoms with E-state index in [4.69, 9.17) is 0 Å². The van der Waals surface area contributed by atoms with Crippen molar-refractivity contribution in [3.8, 4) is 17.4 Å². The van der Waals surface area contributed by atoms with E-state index in [1.54, 1.807) is 0 Å². The summed E-state index contributed by atoms with van der Waals surface area (Å²) in [5.74, 6) is 0.0974. The van der Waals surface area contributed by atoms with Gasteiger partial charge < -0.3 is 10.2 Å². The zero-order valence-corrected chi connectivity index (χ0v) is 13.4. The molecule has 108 valence electrons. The van der Waals surface area contributed by atoms with Crippen LogP contribution < -0.4 is 0 Å². The first kappa shape index (κ1) is 13.2. The van der Waals surface area contributed by atoms with Crippen molar-refractivity contribution in [2.45, 2.75) is 31.1 Å². The van der Waals surface area contributed by atoms with Crippen molar-refractivity contribution in [2.24, 2.45) is 0 Å². The molecule has 0 radical (unpaired) electrons. The van der Waals surface area contributed by atoms with Crippen LogP contribution in [0.2, 0.25) is 0 Å². The number of aromatic hydroxyl groups is 2. The van der Waals surface area contributed by atoms with Gasteiger partial charge in [-0.05, 0) is 59.5 Å². The summed E-state index contributed by atoms with van der Waals surface area (Å²) >= 11 is 2.20. The number of fused-ring (bicyclic) bond motifs is 2. The number of aromatic nitrogens is 1. The van der Waals surface area contributed by atoms with Crippen molar-refractivity contribution in [1.82, 2.24) is 4.57 Å². The van der Waals surface area contributed by atoms with Gasteiger partial charge in [0.1, 0.15) is 5.78 Å². The molecule has 2 aromatic rings. The van der Waals surface area contributed by atoms with Crippen LogP contribution in [0, 0.1) is 3.57 Å². The van der Waals surface area contributed by atoms with Crippen molar-refractivity contribution < 1.29 is 15.0 Å². The fraction of sp³-hybridized carbons (Fsp3) is 0.312. The minimum absolute atomic E-state index is 0.0206. The molecule has 4 nitrogen and oxygen atoms in total. The van der Waals surface area contributed by atoms with Gasteiger partial charge in [0.05, 0.1) is 5.69 Å². The number of carbonyl (C=O) groups is 1. The molecule has 21 heavy (non-hydrogen) atoms. The first-order valence-corrected chi connectivity index (χ1v) is 8.11. The molecule has 1 aromatic heterocycles. The zero-order valence-electron chi connectivity index (χ0n) is 11.2. The van der Waals surface area contributed by atoms with E-state index >= 15 is 0 Å². The molecule has 5 heteroatoms. The number of ketones is 1. The number of carbonyl (C=O) groups excluding carboxylic acids is 1. The van der Waals surface area contributed by atoms with Crippen LogP contribution in [0.3, 0.4) is 0 Å². The molecule has 1 heterocycles. The SMILES string of the molecule is O=C1C[C@@H]2CC[C@H]1c1c2c(O)n(-c2cccc(I)c2)c1O. The van der Waals surface area contributed by atoms with Crippen LogP contribution in [0.4, 0.5) is 0 Å². The van der Waals surface area contributed by atoms with Crippen LogP contribution in [-0.2, 0) is 4.79 Å². The average molecular weight is 395 g/mol. The van der Waals surface area contributed by atoms with Crippen molar-refractivity contribution in [3.63, 3.8) is 0 Å². The molecule has 2 N–H and O–H groups in total. The maximum Gasteiger partial charge on any atom is 0.202 e. The van der Waals surface area contributed by atoms with E-state index in [1.807, 2.05) is 24.3 Å². The van der Waals surface area contributed by atoms with Crippen molar-refractivity contribution >= 4 is 28.4 Å². The molecular weight excluding hydrogens is 381 g/mol. The number of halogens is 1. The Hall–Kier alpha value is -1.50. The number of hydrogen-bond donors (Lipinski definition) is 2. The molecule has 1 fully saturated rings. The Labute approximate surface area is 135 Å². The van der Waals surface area contributed by atoms with Crippen LogP contribution in [-0.4, -0.2) is 20.6 Å². The number of hydrogen-bond acceptors (Lipinski definition) is 3. The second kappa shape index (κ2) is 4.50. The summed E-state index contributed by atoms with van der Waals surface area (Å²) in [4.78, 5) is 12.1. The fourth-order valence-corrected chi connectivity index (χ4v) is 4.28. The van der Waals surface area contributed by atoms with Crippen LogP contribution >= 0.6 is 22.6 Å². The molecular formula is C16H14INO3. The van der Waals surface area contributed by atoms with E-state index in [9.17, 15) is 15.0 Å². The monoisotopic (exact) mass is 395 g/mol. The number of rotatable bonds is 1. The predicted molar refractivity (Wildman–Crippen MR) is 86.2 cm³/mol. The van der Waals surface area contributed by atoms with Crippen LogP contribution in [0.1, 0.15) is 42.2 Å². The largest absolute Gasteiger partial charge is 0.494 e. The van der Waals surface area contributed by atoms with E-state index in [2.05, 4.69) is 22.6 Å². The third kappa shape index (κ3) is 1.76. The average Bonchev–Trinajstić information content (AvgIpc) is 2.73. The Morgan fingerprint density at radius 1 is 1.14 bits per heavy atom. The lowest BCUT2D eigenvalue weighted by atomic mass is 9.67. The summed E-state index contributed by atoms with van der Waals surface area (Å²) in [7, 11) is 0. The standard InChI is InChI=1S/C16H14INO3/c17-9-2-1-3-10(7-9)18-15(20)13-8-4-5-11(12(19)6-8)14(13)16(18)21/h1-3,7-8,11,20-21H,4-6H2/t8-,11+/m0/s1. The van der Waals surface area contributed by atoms with E-state index in [0.29, 0.717) is 12.0 Å². The molecule has 0 unspecified atom stereocenters. The van der Waals surface area contributed by atoms with Crippen LogP contribution in [0.25, 0.3) is 5.69 Å². The topological polar surface area (TPSA) is 62.5 Å². The second-order valence-electron chi connectivity index (χ2n) is 5.79. The molecule has 2 bridgehead atoms. The highest BCUT2D eigenvalue weighted by molar-refractivity contribution is 14.1. The van der Waals surface area contributed by atoms with Gasteiger partial charge in [0.2, 0.25) is 11.8 Å². The van der Waals surface area contributed by atoms with Crippen LogP contribution in [0.15, 0.2) is 24.3 Å². The normalized spacial score (nSPS) is 23.4. The van der Waals surface area contributed by atoms with Gasteiger partial charge >= 0.3 is 0 Å². The summed E-state index contributed by atoms with van der Waals surface area (Å²) in [6.07, 6.45) is 2.17. The van der Waals surface area contributed by atoms with Gasteiger partial charge in [-0.2, -0.15) is 0 Å². The molecule has 0 saturated heterocycles. The van der Waals surface area contributed by atoms with Crippen molar-refractivity contribution in [1.29, 1.82) is 0 Å². The van der Waals surface area contributed by atoms with Gasteiger partial charge in [0.25, 0.3) is 0 Å². The van der Waals surface area contributed by atoms with Gasteiger partial charge in [-0.1, -0.05) is 6.07 Å². The molecule has 1 saturated carbocycles.